The van der Waals surface area contributed by atoms with E-state index in [-0.39, 0.29) is 18.4 Å². The molecule has 41 heavy (non-hydrogen) atoms. The molecule has 8 nitrogen and oxygen atoms in total. The molecule has 0 fully saturated rings. The van der Waals surface area contributed by atoms with Crippen molar-refractivity contribution in [1.29, 1.82) is 0 Å². The summed E-state index contributed by atoms with van der Waals surface area (Å²) in [6.07, 6.45) is 2.97. The summed E-state index contributed by atoms with van der Waals surface area (Å²) in [5.41, 5.74) is 4.53. The molecule has 3 rings (SSSR count). The van der Waals surface area contributed by atoms with Gasteiger partial charge in [-0.05, 0) is 79.8 Å². The molecule has 3 N–H and O–H groups in total. The van der Waals surface area contributed by atoms with Gasteiger partial charge < -0.3 is 25.4 Å². The van der Waals surface area contributed by atoms with Gasteiger partial charge in [0.1, 0.15) is 5.75 Å². The second-order valence-corrected chi connectivity index (χ2v) is 10.5. The molecule has 0 spiro atoms. The predicted molar refractivity (Wildman–Crippen MR) is 162 cm³/mol. The Morgan fingerprint density at radius 3 is 2.37 bits per heavy atom. The van der Waals surface area contributed by atoms with Crippen molar-refractivity contribution in [2.24, 2.45) is 0 Å². The van der Waals surface area contributed by atoms with E-state index in [0.717, 1.165) is 41.0 Å². The number of methoxy groups -OCH3 is 1. The zero-order valence-electron chi connectivity index (χ0n) is 24.9. The van der Waals surface area contributed by atoms with Gasteiger partial charge in [-0.25, -0.2) is 0 Å². The average molecular weight is 561 g/mol. The standard InChI is InChI=1S/C33H44N4O4/c1-6-13-37(14-7-2)33(40)27-16-24(4)15-26(18-27)32(39)36-30(19-28-12-11-23(3)20-35-28)31(38)22-34-21-25-9-8-10-29(17-25)41-5/h8-12,15-18,20,30-31,34,38H,6-7,13-14,19,21-22H2,1-5H3,(H,36,39)/t30-,31+/m0/s1. The van der Waals surface area contributed by atoms with Gasteiger partial charge in [-0.3, -0.25) is 14.6 Å². The number of carbonyl (C=O) groups is 2. The number of nitrogens with one attached hydrogen (secondary N) is 2. The van der Waals surface area contributed by atoms with Crippen LogP contribution in [0.25, 0.3) is 0 Å². The number of aliphatic hydroxyl groups is 1. The van der Waals surface area contributed by atoms with Crippen molar-refractivity contribution in [2.75, 3.05) is 26.7 Å². The van der Waals surface area contributed by atoms with Gasteiger partial charge in [0, 0.05) is 55.6 Å². The van der Waals surface area contributed by atoms with Crippen LogP contribution in [0.1, 0.15) is 69.8 Å². The highest BCUT2D eigenvalue weighted by Gasteiger charge is 2.24. The third-order valence-corrected chi connectivity index (χ3v) is 6.86. The van der Waals surface area contributed by atoms with Crippen LogP contribution in [-0.2, 0) is 13.0 Å². The van der Waals surface area contributed by atoms with Crippen LogP contribution in [0.2, 0.25) is 0 Å². The fourth-order valence-electron chi connectivity index (χ4n) is 4.74. The minimum atomic E-state index is -0.886. The van der Waals surface area contributed by atoms with Gasteiger partial charge in [-0.2, -0.15) is 0 Å². The molecule has 3 aromatic rings. The Morgan fingerprint density at radius 1 is 0.976 bits per heavy atom. The van der Waals surface area contributed by atoms with Gasteiger partial charge in [0.25, 0.3) is 11.8 Å². The lowest BCUT2D eigenvalue weighted by Gasteiger charge is -2.25. The Balaban J connectivity index is 1.77. The number of hydrogen-bond acceptors (Lipinski definition) is 6. The third kappa shape index (κ3) is 9.69. The summed E-state index contributed by atoms with van der Waals surface area (Å²) in [5.74, 6) is 0.349. The van der Waals surface area contributed by atoms with E-state index in [1.165, 1.54) is 0 Å². The minimum Gasteiger partial charge on any atom is -0.497 e. The van der Waals surface area contributed by atoms with Crippen LogP contribution >= 0.6 is 0 Å². The molecule has 2 amide bonds. The third-order valence-electron chi connectivity index (χ3n) is 6.86. The maximum absolute atomic E-state index is 13.5. The summed E-state index contributed by atoms with van der Waals surface area (Å²) in [4.78, 5) is 33.1. The molecule has 8 heteroatoms. The van der Waals surface area contributed by atoms with Crippen molar-refractivity contribution in [2.45, 2.75) is 65.6 Å². The van der Waals surface area contributed by atoms with Gasteiger partial charge in [-0.1, -0.05) is 32.0 Å². The summed E-state index contributed by atoms with van der Waals surface area (Å²) in [6.45, 7) is 10.1. The molecule has 0 radical (unpaired) electrons. The summed E-state index contributed by atoms with van der Waals surface area (Å²) in [5, 5.41) is 17.5. The summed E-state index contributed by atoms with van der Waals surface area (Å²) in [6, 6.07) is 16.2. The Kier molecular flexibility index (Phi) is 12.3. The summed E-state index contributed by atoms with van der Waals surface area (Å²) >= 11 is 0. The van der Waals surface area contributed by atoms with Gasteiger partial charge in [-0.15, -0.1) is 0 Å². The number of amides is 2. The molecule has 0 saturated heterocycles. The van der Waals surface area contributed by atoms with Crippen molar-refractivity contribution in [3.63, 3.8) is 0 Å². The first-order valence-corrected chi connectivity index (χ1v) is 14.4. The highest BCUT2D eigenvalue weighted by molar-refractivity contribution is 6.00. The molecule has 1 aromatic heterocycles. The zero-order chi connectivity index (χ0) is 29.8. The first-order valence-electron chi connectivity index (χ1n) is 14.4. The molecule has 220 valence electrons. The van der Waals surface area contributed by atoms with E-state index >= 15 is 0 Å². The molecule has 2 aromatic carbocycles. The van der Waals surface area contributed by atoms with E-state index in [1.807, 2.05) is 75.1 Å². The van der Waals surface area contributed by atoms with Crippen LogP contribution in [-0.4, -0.2) is 65.7 Å². The van der Waals surface area contributed by atoms with E-state index in [4.69, 9.17) is 4.74 Å². The second kappa shape index (κ2) is 15.9. The lowest BCUT2D eigenvalue weighted by molar-refractivity contribution is 0.0755. The first-order chi connectivity index (χ1) is 19.7. The molecule has 0 bridgehead atoms. The number of carbonyl (C=O) groups excluding carboxylic acids is 2. The zero-order valence-corrected chi connectivity index (χ0v) is 24.9. The van der Waals surface area contributed by atoms with Crippen molar-refractivity contribution >= 4 is 11.8 Å². The largest absolute Gasteiger partial charge is 0.497 e. The number of aliphatic hydroxyl groups excluding tert-OH is 1. The number of rotatable bonds is 15. The van der Waals surface area contributed by atoms with E-state index in [0.29, 0.717) is 37.2 Å². The van der Waals surface area contributed by atoms with E-state index in [2.05, 4.69) is 15.6 Å². The molecular weight excluding hydrogens is 516 g/mol. The van der Waals surface area contributed by atoms with Gasteiger partial charge in [0.15, 0.2) is 0 Å². The SMILES string of the molecule is CCCN(CCC)C(=O)c1cc(C)cc(C(=O)N[C@@H](Cc2ccc(C)cn2)[C@H](O)CNCc2cccc(OC)c2)c1. The summed E-state index contributed by atoms with van der Waals surface area (Å²) < 4.78 is 5.29. The first kappa shape index (κ1) is 31.8. The van der Waals surface area contributed by atoms with Crippen LogP contribution in [0.3, 0.4) is 0 Å². The molecule has 1 heterocycles. The topological polar surface area (TPSA) is 104 Å². The van der Waals surface area contributed by atoms with Crippen LogP contribution in [0.15, 0.2) is 60.8 Å². The molecule has 0 aliphatic heterocycles. The Hall–Kier alpha value is -3.75. The van der Waals surface area contributed by atoms with E-state index in [9.17, 15) is 14.7 Å². The maximum Gasteiger partial charge on any atom is 0.253 e. The number of benzene rings is 2. The predicted octanol–water partition coefficient (Wildman–Crippen LogP) is 4.46. The van der Waals surface area contributed by atoms with Gasteiger partial charge >= 0.3 is 0 Å². The van der Waals surface area contributed by atoms with Crippen molar-refractivity contribution < 1.29 is 19.4 Å². The van der Waals surface area contributed by atoms with Crippen molar-refractivity contribution in [3.05, 3.63) is 94.3 Å². The quantitative estimate of drug-likeness (QED) is 0.254. The fourth-order valence-corrected chi connectivity index (χ4v) is 4.74. The van der Waals surface area contributed by atoms with Gasteiger partial charge in [0.05, 0.1) is 19.3 Å². The highest BCUT2D eigenvalue weighted by Crippen LogP contribution is 2.15. The molecular formula is C33H44N4O4. The van der Waals surface area contributed by atoms with Crippen molar-refractivity contribution in [3.8, 4) is 5.75 Å². The number of ether oxygens (including phenoxy) is 1. The average Bonchev–Trinajstić information content (AvgIpc) is 2.97. The smallest absolute Gasteiger partial charge is 0.253 e. The monoisotopic (exact) mass is 560 g/mol. The maximum atomic E-state index is 13.5. The fraction of sp³-hybridized carbons (Fsp3) is 0.424. The van der Waals surface area contributed by atoms with Crippen LogP contribution < -0.4 is 15.4 Å². The lowest BCUT2D eigenvalue weighted by Crippen LogP contribution is -2.48. The molecule has 0 aliphatic rings. The van der Waals surface area contributed by atoms with Crippen LogP contribution in [0, 0.1) is 13.8 Å². The van der Waals surface area contributed by atoms with E-state index in [1.54, 1.807) is 25.4 Å². The highest BCUT2D eigenvalue weighted by atomic mass is 16.5. The lowest BCUT2D eigenvalue weighted by atomic mass is 10.0. The normalized spacial score (nSPS) is 12.4. The number of aromatic nitrogens is 1. The van der Waals surface area contributed by atoms with Gasteiger partial charge in [0.2, 0.25) is 0 Å². The number of pyridine rings is 1. The Morgan fingerprint density at radius 2 is 1.71 bits per heavy atom. The Bertz CT molecular complexity index is 1270. The second-order valence-electron chi connectivity index (χ2n) is 10.5. The summed E-state index contributed by atoms with van der Waals surface area (Å²) in [7, 11) is 1.63. The Labute approximate surface area is 244 Å². The number of nitrogens with zero attached hydrogens (tertiary/aromatic N) is 2. The number of aryl methyl sites for hydroxylation is 2. The van der Waals surface area contributed by atoms with Crippen LogP contribution in [0.4, 0.5) is 0 Å². The molecule has 2 atom stereocenters. The van der Waals surface area contributed by atoms with E-state index < -0.39 is 12.1 Å². The minimum absolute atomic E-state index is 0.0753. The molecule has 0 aliphatic carbocycles. The molecule has 0 saturated carbocycles. The molecule has 0 unspecified atom stereocenters. The van der Waals surface area contributed by atoms with Crippen molar-refractivity contribution in [1.82, 2.24) is 20.5 Å². The van der Waals surface area contributed by atoms with Crippen LogP contribution in [0.5, 0.6) is 5.75 Å². The number of hydrogen-bond donors (Lipinski definition) is 3.